The summed E-state index contributed by atoms with van der Waals surface area (Å²) in [5.74, 6) is 3.22. The van der Waals surface area contributed by atoms with E-state index >= 15 is 0 Å². The fourth-order valence-electron chi connectivity index (χ4n) is 3.42. The SMILES string of the molecule is CCCN1C(=O)c2ccccc2N[C@@H]1c1ccc([C@H]2C[C@H]2C)o1. The predicted molar refractivity (Wildman–Crippen MR) is 89.4 cm³/mol. The number of para-hydroxylation sites is 1. The summed E-state index contributed by atoms with van der Waals surface area (Å²) < 4.78 is 6.10. The molecule has 4 heteroatoms. The molecule has 120 valence electrons. The van der Waals surface area contributed by atoms with Gasteiger partial charge >= 0.3 is 0 Å². The predicted octanol–water partition coefficient (Wildman–Crippen LogP) is 4.38. The topological polar surface area (TPSA) is 45.5 Å². The van der Waals surface area contributed by atoms with Crippen molar-refractivity contribution in [3.8, 4) is 0 Å². The third-order valence-corrected chi connectivity index (χ3v) is 4.88. The Labute approximate surface area is 136 Å². The van der Waals surface area contributed by atoms with Crippen LogP contribution >= 0.6 is 0 Å². The molecular weight excluding hydrogens is 288 g/mol. The minimum absolute atomic E-state index is 0.0731. The van der Waals surface area contributed by atoms with Gasteiger partial charge in [0, 0.05) is 18.2 Å². The smallest absolute Gasteiger partial charge is 0.257 e. The molecule has 2 aliphatic rings. The highest BCUT2D eigenvalue weighted by molar-refractivity contribution is 6.01. The highest BCUT2D eigenvalue weighted by Gasteiger charge is 2.38. The van der Waals surface area contributed by atoms with Gasteiger partial charge in [0.2, 0.25) is 0 Å². The Balaban J connectivity index is 1.68. The highest BCUT2D eigenvalue weighted by atomic mass is 16.3. The van der Waals surface area contributed by atoms with E-state index < -0.39 is 0 Å². The Morgan fingerprint density at radius 3 is 2.70 bits per heavy atom. The van der Waals surface area contributed by atoms with Crippen LogP contribution in [0, 0.1) is 5.92 Å². The zero-order chi connectivity index (χ0) is 16.0. The molecule has 1 aliphatic carbocycles. The first kappa shape index (κ1) is 14.4. The molecule has 1 amide bonds. The molecular formula is C19H22N2O2. The summed E-state index contributed by atoms with van der Waals surface area (Å²) in [5, 5.41) is 3.47. The van der Waals surface area contributed by atoms with Crippen LogP contribution in [-0.4, -0.2) is 17.4 Å². The highest BCUT2D eigenvalue weighted by Crippen LogP contribution is 2.48. The molecule has 0 spiro atoms. The molecule has 1 aromatic heterocycles. The third-order valence-electron chi connectivity index (χ3n) is 4.88. The first-order valence-electron chi connectivity index (χ1n) is 8.45. The molecule has 1 fully saturated rings. The molecule has 0 bridgehead atoms. The molecule has 1 aliphatic heterocycles. The largest absolute Gasteiger partial charge is 0.462 e. The van der Waals surface area contributed by atoms with Gasteiger partial charge in [-0.2, -0.15) is 0 Å². The maximum absolute atomic E-state index is 12.8. The number of amides is 1. The van der Waals surface area contributed by atoms with Gasteiger partial charge in [-0.3, -0.25) is 4.79 Å². The molecule has 0 saturated heterocycles. The van der Waals surface area contributed by atoms with Gasteiger partial charge < -0.3 is 14.6 Å². The second kappa shape index (κ2) is 5.44. The molecule has 1 N–H and O–H groups in total. The van der Waals surface area contributed by atoms with E-state index in [1.54, 1.807) is 0 Å². The lowest BCUT2D eigenvalue weighted by Crippen LogP contribution is -2.43. The molecule has 2 heterocycles. The van der Waals surface area contributed by atoms with Crippen LogP contribution in [0.4, 0.5) is 5.69 Å². The Hall–Kier alpha value is -2.23. The van der Waals surface area contributed by atoms with Crippen molar-refractivity contribution in [2.24, 2.45) is 5.92 Å². The van der Waals surface area contributed by atoms with E-state index in [9.17, 15) is 4.79 Å². The lowest BCUT2D eigenvalue weighted by Gasteiger charge is -2.36. The molecule has 1 aromatic carbocycles. The molecule has 1 saturated carbocycles. The van der Waals surface area contributed by atoms with Crippen LogP contribution in [0.15, 0.2) is 40.8 Å². The van der Waals surface area contributed by atoms with Crippen molar-refractivity contribution in [1.82, 2.24) is 4.90 Å². The van der Waals surface area contributed by atoms with Gasteiger partial charge in [-0.1, -0.05) is 26.0 Å². The standard InChI is InChI=1S/C19H22N2O2/c1-3-10-21-18(17-9-8-16(23-17)14-11-12(14)2)20-15-7-5-4-6-13(15)19(21)22/h4-9,12,14,18,20H,3,10-11H2,1-2H3/t12-,14+,18+/m1/s1. The summed E-state index contributed by atoms with van der Waals surface area (Å²) >= 11 is 0. The monoisotopic (exact) mass is 310 g/mol. The number of fused-ring (bicyclic) bond motifs is 1. The zero-order valence-electron chi connectivity index (χ0n) is 13.6. The number of anilines is 1. The van der Waals surface area contributed by atoms with Crippen LogP contribution in [-0.2, 0) is 0 Å². The van der Waals surface area contributed by atoms with Gasteiger partial charge in [-0.15, -0.1) is 0 Å². The average molecular weight is 310 g/mol. The number of carbonyl (C=O) groups is 1. The van der Waals surface area contributed by atoms with E-state index in [4.69, 9.17) is 4.42 Å². The van der Waals surface area contributed by atoms with E-state index in [0.717, 1.165) is 29.2 Å². The number of carbonyl (C=O) groups excluding carboxylic acids is 1. The number of rotatable bonds is 4. The summed E-state index contributed by atoms with van der Waals surface area (Å²) in [6.07, 6.45) is 1.89. The van der Waals surface area contributed by atoms with Crippen molar-refractivity contribution in [3.05, 3.63) is 53.5 Å². The Kier molecular flexibility index (Phi) is 3.40. The molecule has 3 atom stereocenters. The Bertz CT molecular complexity index is 736. The fraction of sp³-hybridized carbons (Fsp3) is 0.421. The summed E-state index contributed by atoms with van der Waals surface area (Å²) in [5.41, 5.74) is 1.62. The quantitative estimate of drug-likeness (QED) is 0.911. The minimum atomic E-state index is -0.222. The number of nitrogens with zero attached hydrogens (tertiary/aromatic N) is 1. The van der Waals surface area contributed by atoms with E-state index in [0.29, 0.717) is 18.4 Å². The fourth-order valence-corrected chi connectivity index (χ4v) is 3.42. The molecule has 23 heavy (non-hydrogen) atoms. The van der Waals surface area contributed by atoms with Crippen molar-refractivity contribution in [1.29, 1.82) is 0 Å². The van der Waals surface area contributed by atoms with Gasteiger partial charge in [0.1, 0.15) is 11.5 Å². The maximum Gasteiger partial charge on any atom is 0.257 e. The van der Waals surface area contributed by atoms with Crippen molar-refractivity contribution in [2.75, 3.05) is 11.9 Å². The molecule has 4 rings (SSSR count). The third kappa shape index (κ3) is 2.42. The van der Waals surface area contributed by atoms with Gasteiger partial charge in [0.15, 0.2) is 6.17 Å². The van der Waals surface area contributed by atoms with Crippen LogP contribution in [0.5, 0.6) is 0 Å². The first-order valence-corrected chi connectivity index (χ1v) is 8.45. The summed E-state index contributed by atoms with van der Waals surface area (Å²) in [6, 6.07) is 11.8. The number of hydrogen-bond acceptors (Lipinski definition) is 3. The molecule has 0 unspecified atom stereocenters. The van der Waals surface area contributed by atoms with Crippen molar-refractivity contribution in [3.63, 3.8) is 0 Å². The van der Waals surface area contributed by atoms with E-state index in [1.165, 1.54) is 6.42 Å². The first-order chi connectivity index (χ1) is 11.2. The summed E-state index contributed by atoms with van der Waals surface area (Å²) in [7, 11) is 0. The van der Waals surface area contributed by atoms with Crippen LogP contribution in [0.1, 0.15) is 60.7 Å². The normalized spacial score (nSPS) is 25.9. The zero-order valence-corrected chi connectivity index (χ0v) is 13.6. The van der Waals surface area contributed by atoms with Crippen molar-refractivity contribution in [2.45, 2.75) is 38.8 Å². The van der Waals surface area contributed by atoms with Crippen molar-refractivity contribution < 1.29 is 9.21 Å². The second-order valence-corrected chi connectivity index (χ2v) is 6.65. The van der Waals surface area contributed by atoms with Crippen LogP contribution < -0.4 is 5.32 Å². The van der Waals surface area contributed by atoms with Gasteiger partial charge in [0.25, 0.3) is 5.91 Å². The van der Waals surface area contributed by atoms with Gasteiger partial charge in [-0.05, 0) is 43.0 Å². The van der Waals surface area contributed by atoms with E-state index in [1.807, 2.05) is 35.2 Å². The average Bonchev–Trinajstić information content (AvgIpc) is 3.10. The van der Waals surface area contributed by atoms with E-state index in [-0.39, 0.29) is 12.1 Å². The number of furan rings is 1. The van der Waals surface area contributed by atoms with Crippen molar-refractivity contribution >= 4 is 11.6 Å². The number of hydrogen-bond donors (Lipinski definition) is 1. The lowest BCUT2D eigenvalue weighted by molar-refractivity contribution is 0.0662. The Morgan fingerprint density at radius 2 is 1.96 bits per heavy atom. The maximum atomic E-state index is 12.8. The summed E-state index contributed by atoms with van der Waals surface area (Å²) in [4.78, 5) is 14.7. The molecule has 4 nitrogen and oxygen atoms in total. The molecule has 2 aromatic rings. The van der Waals surface area contributed by atoms with Crippen LogP contribution in [0.3, 0.4) is 0 Å². The van der Waals surface area contributed by atoms with Crippen LogP contribution in [0.2, 0.25) is 0 Å². The number of nitrogens with one attached hydrogen (secondary N) is 1. The van der Waals surface area contributed by atoms with E-state index in [2.05, 4.69) is 25.2 Å². The van der Waals surface area contributed by atoms with Gasteiger partial charge in [-0.25, -0.2) is 0 Å². The summed E-state index contributed by atoms with van der Waals surface area (Å²) in [6.45, 7) is 5.04. The minimum Gasteiger partial charge on any atom is -0.462 e. The molecule has 0 radical (unpaired) electrons. The van der Waals surface area contributed by atoms with Gasteiger partial charge in [0.05, 0.1) is 5.56 Å². The Morgan fingerprint density at radius 1 is 1.22 bits per heavy atom. The lowest BCUT2D eigenvalue weighted by atomic mass is 10.1. The van der Waals surface area contributed by atoms with Crippen LogP contribution in [0.25, 0.3) is 0 Å². The second-order valence-electron chi connectivity index (χ2n) is 6.65. The number of benzene rings is 1.